The fourth-order valence-corrected chi connectivity index (χ4v) is 6.06. The van der Waals surface area contributed by atoms with Crippen molar-refractivity contribution in [1.29, 1.82) is 0 Å². The number of rotatable bonds is 3. The monoisotopic (exact) mass is 423 g/mol. The van der Waals surface area contributed by atoms with Crippen LogP contribution in [0.4, 0.5) is 5.69 Å². The highest BCUT2D eigenvalue weighted by molar-refractivity contribution is 6.25. The average Bonchev–Trinajstić information content (AvgIpc) is 3.10. The summed E-state index contributed by atoms with van der Waals surface area (Å²) in [4.78, 5) is 53.0. The lowest BCUT2D eigenvalue weighted by atomic mass is 9.48. The highest BCUT2D eigenvalue weighted by Crippen LogP contribution is 2.63. The van der Waals surface area contributed by atoms with Crippen molar-refractivity contribution in [3.63, 3.8) is 0 Å². The topological polar surface area (TPSA) is 91.8 Å². The molecule has 7 rings (SSSR count). The minimum atomic E-state index is -1.27. The number of aldehydes is 1. The van der Waals surface area contributed by atoms with Crippen LogP contribution in [0, 0.1) is 11.8 Å². The molecule has 1 N–H and O–H groups in total. The smallest absolute Gasteiger partial charge is 0.335 e. The Labute approximate surface area is 183 Å². The summed E-state index contributed by atoms with van der Waals surface area (Å²) in [5, 5.41) is 9.37. The van der Waals surface area contributed by atoms with Crippen molar-refractivity contribution in [2.45, 2.75) is 11.3 Å². The molecule has 6 nitrogen and oxygen atoms in total. The Balaban J connectivity index is 1.61. The zero-order valence-corrected chi connectivity index (χ0v) is 16.8. The summed E-state index contributed by atoms with van der Waals surface area (Å²) >= 11 is 0. The van der Waals surface area contributed by atoms with Crippen molar-refractivity contribution in [3.05, 3.63) is 101 Å². The first-order chi connectivity index (χ1) is 15.5. The number of hydrogen-bond donors (Lipinski definition) is 1. The lowest BCUT2D eigenvalue weighted by Crippen LogP contribution is -2.54. The summed E-state index contributed by atoms with van der Waals surface area (Å²) in [7, 11) is 0. The van der Waals surface area contributed by atoms with Crippen molar-refractivity contribution < 1.29 is 24.3 Å². The van der Waals surface area contributed by atoms with Gasteiger partial charge >= 0.3 is 5.97 Å². The van der Waals surface area contributed by atoms with Crippen LogP contribution in [-0.2, 0) is 19.8 Å². The first-order valence-corrected chi connectivity index (χ1v) is 10.4. The largest absolute Gasteiger partial charge is 0.478 e. The number of aromatic carboxylic acids is 1. The molecule has 3 aliphatic carbocycles. The van der Waals surface area contributed by atoms with Crippen LogP contribution in [0.3, 0.4) is 0 Å². The van der Waals surface area contributed by atoms with Crippen molar-refractivity contribution in [1.82, 2.24) is 0 Å². The minimum absolute atomic E-state index is 0.0161. The van der Waals surface area contributed by atoms with E-state index in [2.05, 4.69) is 0 Å². The maximum atomic E-state index is 13.8. The van der Waals surface area contributed by atoms with Crippen LogP contribution in [-0.4, -0.2) is 29.2 Å². The summed E-state index contributed by atoms with van der Waals surface area (Å²) in [5.74, 6) is -3.97. The van der Waals surface area contributed by atoms with Crippen LogP contribution in [0.25, 0.3) is 0 Å². The number of carbonyl (C=O) groups excluding carboxylic acids is 3. The maximum absolute atomic E-state index is 13.8. The van der Waals surface area contributed by atoms with Gasteiger partial charge in [0, 0.05) is 5.92 Å². The second-order valence-corrected chi connectivity index (χ2v) is 8.51. The summed E-state index contributed by atoms with van der Waals surface area (Å²) in [6.45, 7) is 0. The molecule has 0 aromatic heterocycles. The van der Waals surface area contributed by atoms with E-state index in [-0.39, 0.29) is 17.2 Å². The minimum Gasteiger partial charge on any atom is -0.478 e. The zero-order chi connectivity index (χ0) is 22.2. The summed E-state index contributed by atoms with van der Waals surface area (Å²) in [6, 6.07) is 20.8. The predicted molar refractivity (Wildman–Crippen MR) is 114 cm³/mol. The number of nitrogens with zero attached hydrogens (tertiary/aromatic N) is 1. The van der Waals surface area contributed by atoms with Gasteiger partial charge in [0.05, 0.1) is 28.5 Å². The predicted octanol–water partition coefficient (Wildman–Crippen LogP) is 3.13. The standard InChI is InChI=1S/C26H17NO5/c28-13-26-18-10-3-1-8-16(18)20(17-9-2-4-11-19(17)26)21-22(26)24(30)27(23(21)29)15-7-5-6-14(12-15)25(31)32/h1-13,20-22H,(H,31,32). The number of carboxylic acid groups (broad SMARTS) is 1. The molecule has 2 unspecified atom stereocenters. The molecule has 6 heteroatoms. The molecule has 1 heterocycles. The lowest BCUT2D eigenvalue weighted by molar-refractivity contribution is -0.128. The third-order valence-corrected chi connectivity index (χ3v) is 7.22. The molecule has 156 valence electrons. The number of amides is 2. The highest BCUT2D eigenvalue weighted by Gasteiger charge is 2.68. The molecule has 2 amide bonds. The molecule has 0 spiro atoms. The quantitative estimate of drug-likeness (QED) is 0.516. The Bertz CT molecular complexity index is 1310. The maximum Gasteiger partial charge on any atom is 0.335 e. The van der Waals surface area contributed by atoms with Crippen LogP contribution < -0.4 is 4.90 Å². The summed E-state index contributed by atoms with van der Waals surface area (Å²) in [6.07, 6.45) is 0.820. The molecule has 2 bridgehead atoms. The molecule has 1 fully saturated rings. The third-order valence-electron chi connectivity index (χ3n) is 7.22. The van der Waals surface area contributed by atoms with Gasteiger partial charge in [-0.15, -0.1) is 0 Å². The fraction of sp³-hybridized carbons (Fsp3) is 0.154. The first kappa shape index (κ1) is 18.7. The molecule has 1 aliphatic heterocycles. The van der Waals surface area contributed by atoms with E-state index in [0.717, 1.165) is 33.4 Å². The molecule has 3 aromatic rings. The van der Waals surface area contributed by atoms with Gasteiger partial charge in [-0.25, -0.2) is 9.69 Å². The molecule has 4 aliphatic rings. The zero-order valence-electron chi connectivity index (χ0n) is 16.8. The van der Waals surface area contributed by atoms with Crippen molar-refractivity contribution in [2.75, 3.05) is 4.90 Å². The summed E-state index contributed by atoms with van der Waals surface area (Å²) in [5.41, 5.74) is 2.24. The van der Waals surface area contributed by atoms with Crippen LogP contribution in [0.1, 0.15) is 38.5 Å². The Morgan fingerprint density at radius 1 is 0.875 bits per heavy atom. The van der Waals surface area contributed by atoms with E-state index < -0.39 is 35.0 Å². The average molecular weight is 423 g/mol. The summed E-state index contributed by atoms with van der Waals surface area (Å²) < 4.78 is 0. The molecular weight excluding hydrogens is 406 g/mol. The van der Waals surface area contributed by atoms with Crippen molar-refractivity contribution >= 4 is 29.8 Å². The number of hydrogen-bond acceptors (Lipinski definition) is 4. The van der Waals surface area contributed by atoms with E-state index in [9.17, 15) is 24.3 Å². The molecule has 2 atom stereocenters. The highest BCUT2D eigenvalue weighted by atomic mass is 16.4. The molecule has 0 radical (unpaired) electrons. The van der Waals surface area contributed by atoms with E-state index in [1.54, 1.807) is 6.07 Å². The van der Waals surface area contributed by atoms with Crippen LogP contribution >= 0.6 is 0 Å². The van der Waals surface area contributed by atoms with Gasteiger partial charge in [0.15, 0.2) is 0 Å². The Hall–Kier alpha value is -4.06. The van der Waals surface area contributed by atoms with Gasteiger partial charge in [-0.1, -0.05) is 54.6 Å². The Morgan fingerprint density at radius 3 is 2.09 bits per heavy atom. The molecular formula is C26H17NO5. The second-order valence-electron chi connectivity index (χ2n) is 8.51. The molecule has 32 heavy (non-hydrogen) atoms. The molecule has 0 saturated carbocycles. The second kappa shape index (κ2) is 6.23. The van der Waals surface area contributed by atoms with Gasteiger partial charge in [-0.05, 0) is 40.5 Å². The van der Waals surface area contributed by atoms with Gasteiger partial charge in [0.1, 0.15) is 6.29 Å². The van der Waals surface area contributed by atoms with Crippen LogP contribution in [0.2, 0.25) is 0 Å². The van der Waals surface area contributed by atoms with E-state index in [4.69, 9.17) is 0 Å². The van der Waals surface area contributed by atoms with Crippen molar-refractivity contribution in [2.24, 2.45) is 11.8 Å². The fourth-order valence-electron chi connectivity index (χ4n) is 6.06. The van der Waals surface area contributed by atoms with Gasteiger partial charge in [0.2, 0.25) is 11.8 Å². The number of anilines is 1. The van der Waals surface area contributed by atoms with Gasteiger partial charge in [-0.2, -0.15) is 0 Å². The van der Waals surface area contributed by atoms with E-state index in [1.807, 2.05) is 48.5 Å². The lowest BCUT2D eigenvalue weighted by Gasteiger charge is -2.51. The number of carboxylic acids is 1. The van der Waals surface area contributed by atoms with Crippen LogP contribution in [0.15, 0.2) is 72.8 Å². The van der Waals surface area contributed by atoms with Gasteiger partial charge in [0.25, 0.3) is 0 Å². The normalized spacial score (nSPS) is 27.0. The van der Waals surface area contributed by atoms with Gasteiger partial charge < -0.3 is 9.90 Å². The molecule has 3 aromatic carbocycles. The number of imide groups is 1. The molecule has 1 saturated heterocycles. The Morgan fingerprint density at radius 2 is 1.50 bits per heavy atom. The van der Waals surface area contributed by atoms with E-state index in [1.165, 1.54) is 18.2 Å². The Kier molecular flexibility index (Phi) is 3.64. The first-order valence-electron chi connectivity index (χ1n) is 10.4. The number of benzene rings is 3. The van der Waals surface area contributed by atoms with E-state index in [0.29, 0.717) is 0 Å². The number of carbonyl (C=O) groups is 4. The SMILES string of the molecule is O=CC12c3ccccc3C(c3ccccc31)C1C(=O)N(c3cccc(C(=O)O)c3)C(=O)C12. The van der Waals surface area contributed by atoms with Crippen LogP contribution in [0.5, 0.6) is 0 Å². The van der Waals surface area contributed by atoms with E-state index >= 15 is 0 Å². The van der Waals surface area contributed by atoms with Crippen molar-refractivity contribution in [3.8, 4) is 0 Å². The van der Waals surface area contributed by atoms with Gasteiger partial charge in [-0.3, -0.25) is 9.59 Å². The third kappa shape index (κ3) is 2.04.